The maximum atomic E-state index is 4.12. The number of H-pyrrole nitrogens is 1. The summed E-state index contributed by atoms with van der Waals surface area (Å²) in [6, 6.07) is 8.14. The normalized spacial score (nSPS) is 10.2. The van der Waals surface area contributed by atoms with Gasteiger partial charge in [-0.25, -0.2) is 0 Å². The SMILES string of the molecule is C=NCc1n[nH]nc1-c1cccc(C)c1. The third-order valence-corrected chi connectivity index (χ3v) is 2.17. The molecule has 0 aliphatic heterocycles. The summed E-state index contributed by atoms with van der Waals surface area (Å²) in [6.07, 6.45) is 0. The highest BCUT2D eigenvalue weighted by Gasteiger charge is 2.08. The number of aromatic nitrogens is 3. The number of hydrogen-bond acceptors (Lipinski definition) is 3. The van der Waals surface area contributed by atoms with Crippen molar-refractivity contribution in [1.29, 1.82) is 0 Å². The van der Waals surface area contributed by atoms with Crippen LogP contribution in [-0.4, -0.2) is 22.1 Å². The fraction of sp³-hybridized carbons (Fsp3) is 0.182. The van der Waals surface area contributed by atoms with Crippen LogP contribution in [0.3, 0.4) is 0 Å². The smallest absolute Gasteiger partial charge is 0.117 e. The summed E-state index contributed by atoms with van der Waals surface area (Å²) in [5, 5.41) is 10.8. The number of nitrogens with zero attached hydrogens (tertiary/aromatic N) is 3. The van der Waals surface area contributed by atoms with Gasteiger partial charge < -0.3 is 0 Å². The molecular formula is C11H12N4. The summed E-state index contributed by atoms with van der Waals surface area (Å²) in [4.78, 5) is 3.81. The molecular weight excluding hydrogens is 188 g/mol. The van der Waals surface area contributed by atoms with E-state index in [-0.39, 0.29) is 0 Å². The lowest BCUT2D eigenvalue weighted by molar-refractivity contribution is 0.901. The standard InChI is InChI=1S/C11H12N4/c1-8-4-3-5-9(6-8)11-10(7-12-2)13-15-14-11/h3-6H,2,7H2,1H3,(H,13,14,15). The first-order chi connectivity index (χ1) is 7.31. The van der Waals surface area contributed by atoms with Gasteiger partial charge in [-0.1, -0.05) is 23.8 Å². The summed E-state index contributed by atoms with van der Waals surface area (Å²) in [6.45, 7) is 5.99. The fourth-order valence-corrected chi connectivity index (χ4v) is 1.49. The van der Waals surface area contributed by atoms with Crippen molar-refractivity contribution in [3.05, 3.63) is 35.5 Å². The Morgan fingerprint density at radius 2 is 2.27 bits per heavy atom. The molecule has 2 rings (SSSR count). The number of aryl methyl sites for hydroxylation is 1. The first-order valence-corrected chi connectivity index (χ1v) is 4.70. The van der Waals surface area contributed by atoms with E-state index in [4.69, 9.17) is 0 Å². The summed E-state index contributed by atoms with van der Waals surface area (Å²) in [5.74, 6) is 0. The van der Waals surface area contributed by atoms with Crippen LogP contribution in [0.25, 0.3) is 11.3 Å². The Morgan fingerprint density at radius 3 is 3.00 bits per heavy atom. The van der Waals surface area contributed by atoms with Crippen LogP contribution in [0.15, 0.2) is 29.3 Å². The lowest BCUT2D eigenvalue weighted by atomic mass is 10.1. The molecule has 0 unspecified atom stereocenters. The van der Waals surface area contributed by atoms with Gasteiger partial charge in [-0.15, -0.1) is 0 Å². The molecule has 1 heterocycles. The molecule has 4 heteroatoms. The molecule has 76 valence electrons. The highest BCUT2D eigenvalue weighted by molar-refractivity contribution is 5.61. The van der Waals surface area contributed by atoms with Gasteiger partial charge in [0, 0.05) is 5.56 Å². The molecule has 0 saturated carbocycles. The second-order valence-corrected chi connectivity index (χ2v) is 3.37. The predicted octanol–water partition coefficient (Wildman–Crippen LogP) is 1.98. The number of benzene rings is 1. The van der Waals surface area contributed by atoms with E-state index in [2.05, 4.69) is 46.2 Å². The van der Waals surface area contributed by atoms with Gasteiger partial charge >= 0.3 is 0 Å². The Kier molecular flexibility index (Phi) is 2.58. The maximum Gasteiger partial charge on any atom is 0.117 e. The highest BCUT2D eigenvalue weighted by atomic mass is 15.3. The number of rotatable bonds is 3. The maximum absolute atomic E-state index is 4.12. The van der Waals surface area contributed by atoms with Crippen LogP contribution in [0.5, 0.6) is 0 Å². The molecule has 0 saturated heterocycles. The molecule has 0 bridgehead atoms. The summed E-state index contributed by atoms with van der Waals surface area (Å²) in [7, 11) is 0. The number of aromatic amines is 1. The molecule has 0 fully saturated rings. The van der Waals surface area contributed by atoms with E-state index in [0.29, 0.717) is 6.54 Å². The first kappa shape index (κ1) is 9.58. The van der Waals surface area contributed by atoms with Crippen LogP contribution >= 0.6 is 0 Å². The highest BCUT2D eigenvalue weighted by Crippen LogP contribution is 2.20. The van der Waals surface area contributed by atoms with E-state index in [0.717, 1.165) is 17.0 Å². The fourth-order valence-electron chi connectivity index (χ4n) is 1.49. The molecule has 15 heavy (non-hydrogen) atoms. The lowest BCUT2D eigenvalue weighted by Crippen LogP contribution is -1.87. The van der Waals surface area contributed by atoms with Gasteiger partial charge in [-0.2, -0.15) is 15.4 Å². The van der Waals surface area contributed by atoms with Gasteiger partial charge in [-0.05, 0) is 19.7 Å². The molecule has 0 radical (unpaired) electrons. The van der Waals surface area contributed by atoms with Gasteiger partial charge in [0.05, 0.1) is 6.54 Å². The first-order valence-electron chi connectivity index (χ1n) is 4.70. The van der Waals surface area contributed by atoms with Gasteiger partial charge in [0.15, 0.2) is 0 Å². The van der Waals surface area contributed by atoms with Gasteiger partial charge in [0.2, 0.25) is 0 Å². The Hall–Kier alpha value is -1.97. The molecule has 4 nitrogen and oxygen atoms in total. The molecule has 1 aromatic carbocycles. The minimum Gasteiger partial charge on any atom is -0.294 e. The quantitative estimate of drug-likeness (QED) is 0.770. The van der Waals surface area contributed by atoms with E-state index in [1.165, 1.54) is 5.56 Å². The van der Waals surface area contributed by atoms with Crippen LogP contribution in [0.1, 0.15) is 11.3 Å². The zero-order valence-electron chi connectivity index (χ0n) is 8.57. The molecule has 1 aromatic heterocycles. The van der Waals surface area contributed by atoms with Crippen LogP contribution in [0, 0.1) is 6.92 Å². The van der Waals surface area contributed by atoms with Crippen molar-refractivity contribution in [3.63, 3.8) is 0 Å². The summed E-state index contributed by atoms with van der Waals surface area (Å²) in [5.41, 5.74) is 3.94. The zero-order valence-corrected chi connectivity index (χ0v) is 8.57. The summed E-state index contributed by atoms with van der Waals surface area (Å²) >= 11 is 0. The molecule has 0 aliphatic carbocycles. The van der Waals surface area contributed by atoms with Crippen molar-refractivity contribution in [1.82, 2.24) is 15.4 Å². The Morgan fingerprint density at radius 1 is 1.40 bits per heavy atom. The Bertz CT molecular complexity index is 473. The second kappa shape index (κ2) is 4.04. The van der Waals surface area contributed by atoms with Crippen molar-refractivity contribution in [3.8, 4) is 11.3 Å². The molecule has 2 aromatic rings. The van der Waals surface area contributed by atoms with E-state index < -0.39 is 0 Å². The van der Waals surface area contributed by atoms with Gasteiger partial charge in [0.25, 0.3) is 0 Å². The monoisotopic (exact) mass is 200 g/mol. The average Bonchev–Trinajstić information content (AvgIpc) is 2.66. The minimum absolute atomic E-state index is 0.486. The van der Waals surface area contributed by atoms with E-state index in [1.807, 2.05) is 12.1 Å². The van der Waals surface area contributed by atoms with Crippen LogP contribution < -0.4 is 0 Å². The van der Waals surface area contributed by atoms with Crippen molar-refractivity contribution < 1.29 is 0 Å². The second-order valence-electron chi connectivity index (χ2n) is 3.37. The molecule has 1 N–H and O–H groups in total. The van der Waals surface area contributed by atoms with Crippen LogP contribution in [0.2, 0.25) is 0 Å². The molecule has 0 amide bonds. The third-order valence-electron chi connectivity index (χ3n) is 2.17. The van der Waals surface area contributed by atoms with E-state index >= 15 is 0 Å². The van der Waals surface area contributed by atoms with Crippen molar-refractivity contribution in [2.75, 3.05) is 0 Å². The topological polar surface area (TPSA) is 53.9 Å². The molecule has 0 spiro atoms. The minimum atomic E-state index is 0.486. The van der Waals surface area contributed by atoms with Gasteiger partial charge in [0.1, 0.15) is 11.4 Å². The van der Waals surface area contributed by atoms with E-state index in [9.17, 15) is 0 Å². The summed E-state index contributed by atoms with van der Waals surface area (Å²) < 4.78 is 0. The number of nitrogens with one attached hydrogen (secondary N) is 1. The van der Waals surface area contributed by atoms with Crippen LogP contribution in [0.4, 0.5) is 0 Å². The molecule has 0 atom stereocenters. The van der Waals surface area contributed by atoms with Crippen molar-refractivity contribution in [2.45, 2.75) is 13.5 Å². The van der Waals surface area contributed by atoms with Gasteiger partial charge in [-0.3, -0.25) is 4.99 Å². The largest absolute Gasteiger partial charge is 0.294 e. The number of hydrogen-bond donors (Lipinski definition) is 1. The lowest BCUT2D eigenvalue weighted by Gasteiger charge is -1.99. The Labute approximate surface area is 88.1 Å². The third kappa shape index (κ3) is 1.93. The zero-order chi connectivity index (χ0) is 10.7. The van der Waals surface area contributed by atoms with E-state index in [1.54, 1.807) is 0 Å². The van der Waals surface area contributed by atoms with Crippen LogP contribution in [-0.2, 0) is 6.54 Å². The molecule has 0 aliphatic rings. The predicted molar refractivity (Wildman–Crippen MR) is 59.8 cm³/mol. The van der Waals surface area contributed by atoms with Crippen molar-refractivity contribution >= 4 is 6.72 Å². The number of aliphatic imine (C=N–C) groups is 1. The Balaban J connectivity index is 2.44. The average molecular weight is 200 g/mol. The van der Waals surface area contributed by atoms with Crippen molar-refractivity contribution in [2.24, 2.45) is 4.99 Å².